The Hall–Kier alpha value is -1.99. The molecule has 7 heteroatoms. The molecule has 1 N–H and O–H groups in total. The van der Waals surface area contributed by atoms with E-state index >= 15 is 0 Å². The number of thioether (sulfide) groups is 1. The molecule has 3 aromatic rings. The standard InChI is InChI=1S/C15H15N5S2/c1-21-10-14-19-12(9-22-14)8-18-15-17-7-4-13(20-15)11-2-5-16-6-3-11/h2-7,9H,8,10H2,1H3,(H,17,18,20). The van der Waals surface area contributed by atoms with E-state index in [1.165, 1.54) is 0 Å². The largest absolute Gasteiger partial charge is 0.349 e. The summed E-state index contributed by atoms with van der Waals surface area (Å²) in [6, 6.07) is 5.75. The number of nitrogens with one attached hydrogen (secondary N) is 1. The van der Waals surface area contributed by atoms with E-state index in [1.54, 1.807) is 41.7 Å². The van der Waals surface area contributed by atoms with Gasteiger partial charge in [-0.05, 0) is 24.5 Å². The van der Waals surface area contributed by atoms with Crippen LogP contribution in [0.4, 0.5) is 5.95 Å². The van der Waals surface area contributed by atoms with E-state index in [0.717, 1.165) is 27.7 Å². The van der Waals surface area contributed by atoms with Crippen molar-refractivity contribution in [2.75, 3.05) is 11.6 Å². The molecule has 3 aromatic heterocycles. The van der Waals surface area contributed by atoms with Crippen LogP contribution in [-0.2, 0) is 12.3 Å². The van der Waals surface area contributed by atoms with Gasteiger partial charge in [0.1, 0.15) is 5.01 Å². The summed E-state index contributed by atoms with van der Waals surface area (Å²) in [5.41, 5.74) is 2.92. The van der Waals surface area contributed by atoms with Gasteiger partial charge >= 0.3 is 0 Å². The average molecular weight is 329 g/mol. The fourth-order valence-corrected chi connectivity index (χ4v) is 3.43. The Labute approximate surface area is 137 Å². The molecule has 5 nitrogen and oxygen atoms in total. The lowest BCUT2D eigenvalue weighted by molar-refractivity contribution is 1.01. The van der Waals surface area contributed by atoms with E-state index in [2.05, 4.69) is 36.9 Å². The summed E-state index contributed by atoms with van der Waals surface area (Å²) < 4.78 is 0. The molecule has 0 radical (unpaired) electrons. The van der Waals surface area contributed by atoms with E-state index < -0.39 is 0 Å². The summed E-state index contributed by atoms with van der Waals surface area (Å²) >= 11 is 3.47. The van der Waals surface area contributed by atoms with Crippen molar-refractivity contribution < 1.29 is 0 Å². The van der Waals surface area contributed by atoms with Crippen LogP contribution in [0, 0.1) is 0 Å². The fraction of sp³-hybridized carbons (Fsp3) is 0.200. The van der Waals surface area contributed by atoms with Gasteiger partial charge in [0.15, 0.2) is 0 Å². The van der Waals surface area contributed by atoms with Crippen LogP contribution in [0.25, 0.3) is 11.3 Å². The first kappa shape index (κ1) is 14.9. The molecule has 0 aliphatic heterocycles. The lowest BCUT2D eigenvalue weighted by Gasteiger charge is -2.05. The molecule has 0 saturated heterocycles. The van der Waals surface area contributed by atoms with Gasteiger partial charge in [0, 0.05) is 35.3 Å². The minimum atomic E-state index is 0.605. The number of hydrogen-bond acceptors (Lipinski definition) is 7. The molecule has 22 heavy (non-hydrogen) atoms. The Kier molecular flexibility index (Phi) is 4.97. The molecule has 3 rings (SSSR count). The molecule has 0 saturated carbocycles. The molecule has 3 heterocycles. The lowest BCUT2D eigenvalue weighted by atomic mass is 10.2. The highest BCUT2D eigenvalue weighted by atomic mass is 32.2. The maximum Gasteiger partial charge on any atom is 0.223 e. The van der Waals surface area contributed by atoms with Crippen molar-refractivity contribution >= 4 is 29.0 Å². The Morgan fingerprint density at radius 3 is 2.82 bits per heavy atom. The van der Waals surface area contributed by atoms with Gasteiger partial charge in [0.05, 0.1) is 17.9 Å². The lowest BCUT2D eigenvalue weighted by Crippen LogP contribution is -2.04. The van der Waals surface area contributed by atoms with E-state index in [4.69, 9.17) is 0 Å². The number of rotatable bonds is 6. The van der Waals surface area contributed by atoms with Crippen molar-refractivity contribution in [2.24, 2.45) is 0 Å². The Morgan fingerprint density at radius 1 is 1.14 bits per heavy atom. The number of nitrogens with zero attached hydrogens (tertiary/aromatic N) is 4. The highest BCUT2D eigenvalue weighted by Crippen LogP contribution is 2.18. The van der Waals surface area contributed by atoms with Gasteiger partial charge in [0.2, 0.25) is 5.95 Å². The molecule has 0 atom stereocenters. The van der Waals surface area contributed by atoms with Crippen molar-refractivity contribution in [3.8, 4) is 11.3 Å². The van der Waals surface area contributed by atoms with Gasteiger partial charge in [-0.15, -0.1) is 11.3 Å². The third-order valence-corrected chi connectivity index (χ3v) is 4.57. The molecule has 0 bridgehead atoms. The zero-order valence-corrected chi connectivity index (χ0v) is 13.7. The van der Waals surface area contributed by atoms with E-state index in [-0.39, 0.29) is 0 Å². The fourth-order valence-electron chi connectivity index (χ4n) is 1.92. The van der Waals surface area contributed by atoms with Gasteiger partial charge in [-0.25, -0.2) is 15.0 Å². The Morgan fingerprint density at radius 2 is 2.00 bits per heavy atom. The van der Waals surface area contributed by atoms with Crippen molar-refractivity contribution in [1.82, 2.24) is 19.9 Å². The third-order valence-electron chi connectivity index (χ3n) is 2.93. The maximum absolute atomic E-state index is 4.57. The second-order valence-corrected chi connectivity index (χ2v) is 6.33. The molecule has 0 aliphatic rings. The van der Waals surface area contributed by atoms with Crippen LogP contribution in [0.2, 0.25) is 0 Å². The van der Waals surface area contributed by atoms with Crippen LogP contribution in [-0.4, -0.2) is 26.2 Å². The monoisotopic (exact) mass is 329 g/mol. The first-order valence-corrected chi connectivity index (χ1v) is 9.02. The van der Waals surface area contributed by atoms with Crippen LogP contribution in [0.5, 0.6) is 0 Å². The van der Waals surface area contributed by atoms with Crippen molar-refractivity contribution in [1.29, 1.82) is 0 Å². The predicted molar refractivity (Wildman–Crippen MR) is 91.9 cm³/mol. The first-order chi connectivity index (χ1) is 10.8. The second-order valence-electron chi connectivity index (χ2n) is 4.52. The molecule has 0 unspecified atom stereocenters. The highest BCUT2D eigenvalue weighted by Gasteiger charge is 2.04. The maximum atomic E-state index is 4.57. The Bertz CT molecular complexity index is 730. The quantitative estimate of drug-likeness (QED) is 0.747. The second kappa shape index (κ2) is 7.33. The summed E-state index contributed by atoms with van der Waals surface area (Å²) in [7, 11) is 0. The minimum absolute atomic E-state index is 0.605. The summed E-state index contributed by atoms with van der Waals surface area (Å²) in [6.45, 7) is 0.630. The smallest absolute Gasteiger partial charge is 0.223 e. The first-order valence-electron chi connectivity index (χ1n) is 6.74. The van der Waals surface area contributed by atoms with Gasteiger partial charge in [-0.3, -0.25) is 4.98 Å². The number of thiazole rings is 1. The molecule has 0 aromatic carbocycles. The average Bonchev–Trinajstić information content (AvgIpc) is 3.02. The predicted octanol–water partition coefficient (Wildman–Crippen LogP) is 3.47. The summed E-state index contributed by atoms with van der Waals surface area (Å²) in [6.07, 6.45) is 7.35. The molecule has 112 valence electrons. The van der Waals surface area contributed by atoms with Crippen LogP contribution in [0.15, 0.2) is 42.2 Å². The third kappa shape index (κ3) is 3.80. The summed E-state index contributed by atoms with van der Waals surface area (Å²) in [4.78, 5) is 17.4. The number of anilines is 1. The van der Waals surface area contributed by atoms with Crippen molar-refractivity contribution in [2.45, 2.75) is 12.3 Å². The molecule has 0 spiro atoms. The number of hydrogen-bond donors (Lipinski definition) is 1. The van der Waals surface area contributed by atoms with E-state index in [1.807, 2.05) is 18.2 Å². The van der Waals surface area contributed by atoms with Crippen LogP contribution in [0.3, 0.4) is 0 Å². The van der Waals surface area contributed by atoms with Gasteiger partial charge in [-0.1, -0.05) is 0 Å². The molecular weight excluding hydrogens is 314 g/mol. The highest BCUT2D eigenvalue weighted by molar-refractivity contribution is 7.97. The van der Waals surface area contributed by atoms with Crippen LogP contribution < -0.4 is 5.32 Å². The molecular formula is C15H15N5S2. The zero-order chi connectivity index (χ0) is 15.2. The molecule has 0 amide bonds. The molecule has 0 aliphatic carbocycles. The van der Waals surface area contributed by atoms with Crippen molar-refractivity contribution in [3.05, 3.63) is 52.9 Å². The molecule has 0 fully saturated rings. The normalized spacial score (nSPS) is 10.6. The van der Waals surface area contributed by atoms with Gasteiger partial charge in [0.25, 0.3) is 0 Å². The topological polar surface area (TPSA) is 63.6 Å². The summed E-state index contributed by atoms with van der Waals surface area (Å²) in [5.74, 6) is 1.56. The van der Waals surface area contributed by atoms with Gasteiger partial charge in [-0.2, -0.15) is 11.8 Å². The Balaban J connectivity index is 1.67. The van der Waals surface area contributed by atoms with E-state index in [0.29, 0.717) is 12.5 Å². The van der Waals surface area contributed by atoms with Crippen LogP contribution in [0.1, 0.15) is 10.7 Å². The SMILES string of the molecule is CSCc1nc(CNc2nccc(-c3ccncc3)n2)cs1. The summed E-state index contributed by atoms with van der Waals surface area (Å²) in [5, 5.41) is 6.45. The van der Waals surface area contributed by atoms with Crippen molar-refractivity contribution in [3.63, 3.8) is 0 Å². The minimum Gasteiger partial charge on any atom is -0.349 e. The zero-order valence-electron chi connectivity index (χ0n) is 12.1. The van der Waals surface area contributed by atoms with Crippen LogP contribution >= 0.6 is 23.1 Å². The number of aromatic nitrogens is 4. The number of pyridine rings is 1. The van der Waals surface area contributed by atoms with Gasteiger partial charge < -0.3 is 5.32 Å². The van der Waals surface area contributed by atoms with E-state index in [9.17, 15) is 0 Å².